The van der Waals surface area contributed by atoms with Crippen molar-refractivity contribution >= 4 is 6.03 Å². The van der Waals surface area contributed by atoms with E-state index in [1.165, 1.54) is 24.7 Å². The Hall–Kier alpha value is -3.15. The molecule has 1 aromatic heterocycles. The molecule has 6 nitrogen and oxygen atoms in total. The second-order valence-electron chi connectivity index (χ2n) is 6.96. The van der Waals surface area contributed by atoms with Gasteiger partial charge in [0, 0.05) is 6.54 Å². The van der Waals surface area contributed by atoms with Crippen molar-refractivity contribution in [3.63, 3.8) is 0 Å². The van der Waals surface area contributed by atoms with E-state index in [-0.39, 0.29) is 12.1 Å². The number of aromatic nitrogens is 3. The molecular formula is C21H23N5O. The second kappa shape index (κ2) is 8.03. The van der Waals surface area contributed by atoms with Crippen molar-refractivity contribution in [3.8, 4) is 0 Å². The number of amides is 2. The number of carbonyl (C=O) groups is 1. The van der Waals surface area contributed by atoms with Crippen LogP contribution in [0.15, 0.2) is 67.3 Å². The van der Waals surface area contributed by atoms with Crippen molar-refractivity contribution < 1.29 is 4.79 Å². The molecule has 27 heavy (non-hydrogen) atoms. The van der Waals surface area contributed by atoms with Gasteiger partial charge in [0.1, 0.15) is 12.7 Å². The number of carbonyl (C=O) groups excluding carboxylic acids is 1. The molecule has 1 saturated carbocycles. The highest BCUT2D eigenvalue weighted by atomic mass is 16.2. The van der Waals surface area contributed by atoms with Gasteiger partial charge in [-0.15, -0.1) is 0 Å². The third-order valence-corrected chi connectivity index (χ3v) is 4.83. The standard InChI is InChI=1S/C21H23N5O/c27-21(25-20(19-10-11-19)18-4-2-1-3-5-18)23-12-16-6-8-17(9-7-16)13-26-15-22-14-24-26/h1-9,14-15,19-20H,10-13H2,(H2,23,25,27). The summed E-state index contributed by atoms with van der Waals surface area (Å²) in [7, 11) is 0. The van der Waals surface area contributed by atoms with Crippen LogP contribution in [-0.2, 0) is 13.1 Å². The number of benzene rings is 2. The minimum absolute atomic E-state index is 0.0938. The van der Waals surface area contributed by atoms with Crippen LogP contribution in [0.25, 0.3) is 0 Å². The van der Waals surface area contributed by atoms with E-state index >= 15 is 0 Å². The fraction of sp³-hybridized carbons (Fsp3) is 0.286. The van der Waals surface area contributed by atoms with E-state index in [9.17, 15) is 4.79 Å². The summed E-state index contributed by atoms with van der Waals surface area (Å²) < 4.78 is 1.78. The molecule has 0 aliphatic heterocycles. The van der Waals surface area contributed by atoms with Crippen LogP contribution >= 0.6 is 0 Å². The fourth-order valence-corrected chi connectivity index (χ4v) is 3.20. The van der Waals surface area contributed by atoms with Crippen molar-refractivity contribution in [2.45, 2.75) is 32.0 Å². The van der Waals surface area contributed by atoms with Gasteiger partial charge in [-0.3, -0.25) is 0 Å². The number of nitrogens with one attached hydrogen (secondary N) is 2. The van der Waals surface area contributed by atoms with Crippen LogP contribution in [-0.4, -0.2) is 20.8 Å². The van der Waals surface area contributed by atoms with Crippen LogP contribution in [0, 0.1) is 5.92 Å². The van der Waals surface area contributed by atoms with Crippen molar-refractivity contribution in [2.75, 3.05) is 0 Å². The maximum Gasteiger partial charge on any atom is 0.315 e. The van der Waals surface area contributed by atoms with Gasteiger partial charge in [0.15, 0.2) is 0 Å². The number of nitrogens with zero attached hydrogens (tertiary/aromatic N) is 3. The zero-order valence-corrected chi connectivity index (χ0v) is 15.1. The minimum atomic E-state index is -0.123. The second-order valence-corrected chi connectivity index (χ2v) is 6.96. The Kier molecular flexibility index (Phi) is 5.14. The predicted molar refractivity (Wildman–Crippen MR) is 103 cm³/mol. The van der Waals surface area contributed by atoms with Gasteiger partial charge in [-0.05, 0) is 35.4 Å². The summed E-state index contributed by atoms with van der Waals surface area (Å²) in [6.45, 7) is 1.19. The van der Waals surface area contributed by atoms with Gasteiger partial charge in [0.25, 0.3) is 0 Å². The average Bonchev–Trinajstić information content (AvgIpc) is 3.42. The SMILES string of the molecule is O=C(NCc1ccc(Cn2cncn2)cc1)NC(c1ccccc1)C1CC1. The molecule has 1 heterocycles. The van der Waals surface area contributed by atoms with E-state index in [0.717, 1.165) is 11.1 Å². The van der Waals surface area contributed by atoms with Gasteiger partial charge in [0.05, 0.1) is 12.6 Å². The molecule has 4 rings (SSSR count). The molecule has 0 radical (unpaired) electrons. The largest absolute Gasteiger partial charge is 0.334 e. The van der Waals surface area contributed by atoms with Gasteiger partial charge < -0.3 is 10.6 Å². The Bertz CT molecular complexity index is 857. The van der Waals surface area contributed by atoms with Crippen LogP contribution in [0.3, 0.4) is 0 Å². The molecule has 1 aliphatic carbocycles. The topological polar surface area (TPSA) is 71.8 Å². The van der Waals surface area contributed by atoms with E-state index in [2.05, 4.69) is 32.8 Å². The number of rotatable bonds is 7. The molecule has 6 heteroatoms. The minimum Gasteiger partial charge on any atom is -0.334 e. The highest BCUT2D eigenvalue weighted by Crippen LogP contribution is 2.40. The first-order chi connectivity index (χ1) is 13.3. The Labute approximate surface area is 158 Å². The molecule has 3 aromatic rings. The summed E-state index contributed by atoms with van der Waals surface area (Å²) in [6.07, 6.45) is 5.57. The Morgan fingerprint density at radius 1 is 1.07 bits per heavy atom. The Balaban J connectivity index is 1.29. The molecule has 1 atom stereocenters. The van der Waals surface area contributed by atoms with Crippen LogP contribution in [0.2, 0.25) is 0 Å². The molecule has 1 aliphatic rings. The summed E-state index contributed by atoms with van der Waals surface area (Å²) in [4.78, 5) is 16.3. The molecule has 0 saturated heterocycles. The number of hydrogen-bond acceptors (Lipinski definition) is 3. The molecule has 2 aromatic carbocycles. The first-order valence-corrected chi connectivity index (χ1v) is 9.27. The van der Waals surface area contributed by atoms with E-state index in [1.54, 1.807) is 11.0 Å². The van der Waals surface area contributed by atoms with Crippen LogP contribution in [0.4, 0.5) is 4.79 Å². The molecule has 2 N–H and O–H groups in total. The number of hydrogen-bond donors (Lipinski definition) is 2. The summed E-state index contributed by atoms with van der Waals surface area (Å²) in [5.74, 6) is 0.550. The Morgan fingerprint density at radius 2 is 1.81 bits per heavy atom. The first kappa shape index (κ1) is 17.3. The van der Waals surface area contributed by atoms with Gasteiger partial charge in [-0.2, -0.15) is 5.10 Å². The smallest absolute Gasteiger partial charge is 0.315 e. The van der Waals surface area contributed by atoms with Gasteiger partial charge >= 0.3 is 6.03 Å². The molecule has 138 valence electrons. The maximum atomic E-state index is 12.4. The Morgan fingerprint density at radius 3 is 2.48 bits per heavy atom. The lowest BCUT2D eigenvalue weighted by Crippen LogP contribution is -2.38. The molecule has 0 spiro atoms. The third kappa shape index (κ3) is 4.73. The van der Waals surface area contributed by atoms with Crippen molar-refractivity contribution in [3.05, 3.63) is 83.9 Å². The quantitative estimate of drug-likeness (QED) is 0.678. The monoisotopic (exact) mass is 361 g/mol. The zero-order chi connectivity index (χ0) is 18.5. The predicted octanol–water partition coefficient (Wildman–Crippen LogP) is 3.28. The number of urea groups is 1. The van der Waals surface area contributed by atoms with E-state index < -0.39 is 0 Å². The van der Waals surface area contributed by atoms with Gasteiger partial charge in [0.2, 0.25) is 0 Å². The normalized spacial score (nSPS) is 14.5. The van der Waals surface area contributed by atoms with E-state index in [0.29, 0.717) is 19.0 Å². The van der Waals surface area contributed by atoms with Crippen molar-refractivity contribution in [2.24, 2.45) is 5.92 Å². The third-order valence-electron chi connectivity index (χ3n) is 4.83. The maximum absolute atomic E-state index is 12.4. The van der Waals surface area contributed by atoms with Gasteiger partial charge in [-0.25, -0.2) is 14.5 Å². The summed E-state index contributed by atoms with van der Waals surface area (Å²) >= 11 is 0. The highest BCUT2D eigenvalue weighted by molar-refractivity contribution is 5.74. The van der Waals surface area contributed by atoms with Crippen LogP contribution < -0.4 is 10.6 Å². The molecule has 2 amide bonds. The molecule has 0 bridgehead atoms. The molecule has 1 fully saturated rings. The van der Waals surface area contributed by atoms with Crippen LogP contribution in [0.5, 0.6) is 0 Å². The summed E-state index contributed by atoms with van der Waals surface area (Å²) in [5, 5.41) is 10.2. The molecular weight excluding hydrogens is 338 g/mol. The van der Waals surface area contributed by atoms with Crippen molar-refractivity contribution in [1.82, 2.24) is 25.4 Å². The zero-order valence-electron chi connectivity index (χ0n) is 15.1. The summed E-state index contributed by atoms with van der Waals surface area (Å²) in [6, 6.07) is 18.3. The average molecular weight is 361 g/mol. The highest BCUT2D eigenvalue weighted by Gasteiger charge is 2.33. The van der Waals surface area contributed by atoms with Gasteiger partial charge in [-0.1, -0.05) is 54.6 Å². The van der Waals surface area contributed by atoms with E-state index in [1.807, 2.05) is 42.5 Å². The lowest BCUT2D eigenvalue weighted by molar-refractivity contribution is 0.235. The lowest BCUT2D eigenvalue weighted by atomic mass is 10.0. The van der Waals surface area contributed by atoms with E-state index in [4.69, 9.17) is 0 Å². The van der Waals surface area contributed by atoms with Crippen LogP contribution in [0.1, 0.15) is 35.6 Å². The first-order valence-electron chi connectivity index (χ1n) is 9.27. The molecule has 1 unspecified atom stereocenters. The fourth-order valence-electron chi connectivity index (χ4n) is 3.20. The lowest BCUT2D eigenvalue weighted by Gasteiger charge is -2.19. The summed E-state index contributed by atoms with van der Waals surface area (Å²) in [5.41, 5.74) is 3.38. The van der Waals surface area contributed by atoms with Crippen molar-refractivity contribution in [1.29, 1.82) is 0 Å².